The number of carbonyl (C=O) groups is 1. The molecule has 0 fully saturated rings. The minimum absolute atomic E-state index is 0.0873. The Labute approximate surface area is 114 Å². The van der Waals surface area contributed by atoms with Crippen LogP contribution in [0.2, 0.25) is 0 Å². The van der Waals surface area contributed by atoms with E-state index in [1.165, 1.54) is 0 Å². The van der Waals surface area contributed by atoms with Crippen LogP contribution in [-0.2, 0) is 10.0 Å². The second kappa shape index (κ2) is 5.33. The van der Waals surface area contributed by atoms with Gasteiger partial charge in [0.15, 0.2) is 5.01 Å². The van der Waals surface area contributed by atoms with Crippen LogP contribution in [0.15, 0.2) is 47.7 Å². The maximum absolute atomic E-state index is 11.7. The van der Waals surface area contributed by atoms with E-state index in [0.717, 1.165) is 16.9 Å². The number of sulfonamides is 1. The molecule has 2 rings (SSSR count). The molecule has 7 heteroatoms. The molecule has 1 heterocycles. The molecule has 1 aromatic heterocycles. The smallest absolute Gasteiger partial charge is 0.265 e. The van der Waals surface area contributed by atoms with Crippen LogP contribution in [0.1, 0.15) is 9.80 Å². The van der Waals surface area contributed by atoms with Gasteiger partial charge in [0.1, 0.15) is 0 Å². The molecule has 0 radical (unpaired) electrons. The van der Waals surface area contributed by atoms with E-state index in [4.69, 9.17) is 0 Å². The minimum atomic E-state index is -3.79. The van der Waals surface area contributed by atoms with Crippen molar-refractivity contribution < 1.29 is 13.2 Å². The van der Waals surface area contributed by atoms with Crippen molar-refractivity contribution in [1.82, 2.24) is 9.71 Å². The van der Waals surface area contributed by atoms with Crippen LogP contribution >= 0.6 is 11.3 Å². The normalized spacial score (nSPS) is 10.9. The fourth-order valence-corrected chi connectivity index (χ4v) is 2.56. The quantitative estimate of drug-likeness (QED) is 0.936. The number of rotatable bonds is 4. The summed E-state index contributed by atoms with van der Waals surface area (Å²) in [4.78, 5) is 15.8. The van der Waals surface area contributed by atoms with Gasteiger partial charge < -0.3 is 0 Å². The molecule has 98 valence electrons. The van der Waals surface area contributed by atoms with Gasteiger partial charge in [-0.3, -0.25) is 4.79 Å². The molecule has 2 aromatic rings. The lowest BCUT2D eigenvalue weighted by molar-refractivity contribution is 0.0981. The second-order valence-electron chi connectivity index (χ2n) is 3.55. The lowest BCUT2D eigenvalue weighted by Gasteiger charge is -1.99. The Hall–Kier alpha value is -1.99. The Morgan fingerprint density at radius 1 is 1.32 bits per heavy atom. The number of aromatic nitrogens is 1. The highest BCUT2D eigenvalue weighted by atomic mass is 32.2. The van der Waals surface area contributed by atoms with E-state index < -0.39 is 15.9 Å². The molecule has 0 aliphatic carbocycles. The lowest BCUT2D eigenvalue weighted by atomic mass is 10.2. The number of thiazole rings is 1. The van der Waals surface area contributed by atoms with Crippen LogP contribution in [0.25, 0.3) is 11.3 Å². The highest BCUT2D eigenvalue weighted by Gasteiger charge is 2.16. The van der Waals surface area contributed by atoms with Gasteiger partial charge in [0.2, 0.25) is 0 Å². The van der Waals surface area contributed by atoms with Crippen molar-refractivity contribution in [2.24, 2.45) is 0 Å². The largest absolute Gasteiger partial charge is 0.293 e. The fraction of sp³-hybridized carbons (Fsp3) is 0. The fourth-order valence-electron chi connectivity index (χ4n) is 1.33. The van der Waals surface area contributed by atoms with E-state index in [9.17, 15) is 13.2 Å². The zero-order valence-corrected chi connectivity index (χ0v) is 11.4. The predicted molar refractivity (Wildman–Crippen MR) is 74.1 cm³/mol. The topological polar surface area (TPSA) is 76.1 Å². The maximum Gasteiger partial charge on any atom is 0.293 e. The van der Waals surface area contributed by atoms with E-state index in [0.29, 0.717) is 11.1 Å². The van der Waals surface area contributed by atoms with Gasteiger partial charge in [-0.25, -0.2) is 18.1 Å². The molecule has 0 saturated heterocycles. The Bertz CT molecular complexity index is 706. The summed E-state index contributed by atoms with van der Waals surface area (Å²) in [7, 11) is -3.79. The average Bonchev–Trinajstić information content (AvgIpc) is 2.89. The summed E-state index contributed by atoms with van der Waals surface area (Å²) in [6, 6.07) is 9.31. The van der Waals surface area contributed by atoms with Gasteiger partial charge in [-0.15, -0.1) is 11.3 Å². The third-order valence-electron chi connectivity index (χ3n) is 2.22. The average molecular weight is 294 g/mol. The molecule has 19 heavy (non-hydrogen) atoms. The molecule has 0 aliphatic heterocycles. The zero-order valence-electron chi connectivity index (χ0n) is 9.74. The van der Waals surface area contributed by atoms with E-state index in [2.05, 4.69) is 11.6 Å². The summed E-state index contributed by atoms with van der Waals surface area (Å²) in [5.74, 6) is -0.757. The van der Waals surface area contributed by atoms with Crippen molar-refractivity contribution in [3.63, 3.8) is 0 Å². The van der Waals surface area contributed by atoms with Crippen molar-refractivity contribution >= 4 is 27.3 Å². The maximum atomic E-state index is 11.7. The van der Waals surface area contributed by atoms with E-state index in [-0.39, 0.29) is 5.01 Å². The molecule has 0 aliphatic rings. The van der Waals surface area contributed by atoms with Crippen LogP contribution < -0.4 is 4.72 Å². The molecular formula is C12H10N2O3S2. The predicted octanol–water partition coefficient (Wildman–Crippen LogP) is 2.01. The first-order valence-corrected chi connectivity index (χ1v) is 7.65. The number of hydrogen-bond acceptors (Lipinski definition) is 5. The highest BCUT2D eigenvalue weighted by molar-refractivity contribution is 7.92. The monoisotopic (exact) mass is 294 g/mol. The van der Waals surface area contributed by atoms with Gasteiger partial charge in [0.25, 0.3) is 15.9 Å². The van der Waals surface area contributed by atoms with Gasteiger partial charge in [-0.1, -0.05) is 36.9 Å². The molecule has 0 atom stereocenters. The van der Waals surface area contributed by atoms with Gasteiger partial charge in [-0.05, 0) is 0 Å². The molecule has 1 aromatic carbocycles. The van der Waals surface area contributed by atoms with Crippen molar-refractivity contribution in [2.45, 2.75) is 0 Å². The molecule has 0 spiro atoms. The number of nitrogens with one attached hydrogen (secondary N) is 1. The summed E-state index contributed by atoms with van der Waals surface area (Å²) < 4.78 is 24.2. The number of hydrogen-bond donors (Lipinski definition) is 1. The van der Waals surface area contributed by atoms with Crippen LogP contribution in [0.3, 0.4) is 0 Å². The zero-order chi connectivity index (χ0) is 13.9. The number of nitrogens with zero attached hydrogens (tertiary/aromatic N) is 1. The summed E-state index contributed by atoms with van der Waals surface area (Å²) in [5, 5.41) is 2.46. The Morgan fingerprint density at radius 3 is 2.63 bits per heavy atom. The molecule has 0 unspecified atom stereocenters. The van der Waals surface area contributed by atoms with Gasteiger partial charge in [-0.2, -0.15) is 0 Å². The molecule has 1 N–H and O–H groups in total. The lowest BCUT2D eigenvalue weighted by Crippen LogP contribution is -2.28. The van der Waals surface area contributed by atoms with Gasteiger partial charge >= 0.3 is 0 Å². The van der Waals surface area contributed by atoms with Crippen molar-refractivity contribution in [1.29, 1.82) is 0 Å². The number of amides is 1. The Morgan fingerprint density at radius 2 is 2.00 bits per heavy atom. The first kappa shape index (κ1) is 13.4. The van der Waals surface area contributed by atoms with Gasteiger partial charge in [0.05, 0.1) is 5.69 Å². The summed E-state index contributed by atoms with van der Waals surface area (Å²) in [6.07, 6.45) is 0. The second-order valence-corrected chi connectivity index (χ2v) is 6.03. The minimum Gasteiger partial charge on any atom is -0.265 e. The third-order valence-corrected chi connectivity index (χ3v) is 3.97. The Balaban J connectivity index is 2.23. The summed E-state index contributed by atoms with van der Waals surface area (Å²) in [5.41, 5.74) is 1.50. The van der Waals surface area contributed by atoms with Gasteiger partial charge in [0, 0.05) is 16.4 Å². The van der Waals surface area contributed by atoms with E-state index >= 15 is 0 Å². The molecular weight excluding hydrogens is 284 g/mol. The third kappa shape index (κ3) is 3.27. The van der Waals surface area contributed by atoms with Crippen LogP contribution in [0.4, 0.5) is 0 Å². The first-order valence-electron chi connectivity index (χ1n) is 5.22. The summed E-state index contributed by atoms with van der Waals surface area (Å²) >= 11 is 1.08. The van der Waals surface area contributed by atoms with E-state index in [1.807, 2.05) is 35.1 Å². The standard InChI is InChI=1S/C12H10N2O3S2/c1-2-19(16,17)14-11(15)12-13-10(8-18-12)9-6-4-3-5-7-9/h2-8H,1H2,(H,14,15). The Kier molecular flexibility index (Phi) is 3.77. The molecule has 0 saturated carbocycles. The van der Waals surface area contributed by atoms with Crippen molar-refractivity contribution in [3.8, 4) is 11.3 Å². The molecule has 1 amide bonds. The van der Waals surface area contributed by atoms with Crippen LogP contribution in [-0.4, -0.2) is 19.3 Å². The van der Waals surface area contributed by atoms with Crippen LogP contribution in [0, 0.1) is 0 Å². The van der Waals surface area contributed by atoms with Crippen molar-refractivity contribution in [2.75, 3.05) is 0 Å². The van der Waals surface area contributed by atoms with Crippen molar-refractivity contribution in [3.05, 3.63) is 52.7 Å². The molecule has 0 bridgehead atoms. The summed E-state index contributed by atoms with van der Waals surface area (Å²) in [6.45, 7) is 3.11. The number of carbonyl (C=O) groups excluding carboxylic acids is 1. The molecule has 5 nitrogen and oxygen atoms in total. The SMILES string of the molecule is C=CS(=O)(=O)NC(=O)c1nc(-c2ccccc2)cs1. The van der Waals surface area contributed by atoms with E-state index in [1.54, 1.807) is 5.38 Å². The van der Waals surface area contributed by atoms with Crippen LogP contribution in [0.5, 0.6) is 0 Å². The first-order chi connectivity index (χ1) is 9.02. The highest BCUT2D eigenvalue weighted by Crippen LogP contribution is 2.21. The number of benzene rings is 1.